The smallest absolute Gasteiger partial charge is 0.333 e. The number of benzene rings is 2. The lowest BCUT2D eigenvalue weighted by Crippen LogP contribution is -2.23. The molecule has 0 saturated carbocycles. The third kappa shape index (κ3) is 4.88. The Hall–Kier alpha value is -4.01. The number of hydrogen-bond donors (Lipinski definition) is 1. The molecule has 0 fully saturated rings. The lowest BCUT2D eigenvalue weighted by atomic mass is 10.2. The fourth-order valence-corrected chi connectivity index (χ4v) is 2.97. The number of rotatable bonds is 7. The molecule has 9 nitrogen and oxygen atoms in total. The average molecular weight is 408 g/mol. The summed E-state index contributed by atoms with van der Waals surface area (Å²) in [6.45, 7) is 3.11. The Balaban J connectivity index is 1.63. The van der Waals surface area contributed by atoms with E-state index in [0.717, 1.165) is 5.56 Å². The van der Waals surface area contributed by atoms with E-state index >= 15 is 0 Å². The number of amides is 1. The second-order valence-corrected chi connectivity index (χ2v) is 6.60. The predicted octanol–water partition coefficient (Wildman–Crippen LogP) is 2.94. The quantitative estimate of drug-likeness (QED) is 0.278. The summed E-state index contributed by atoms with van der Waals surface area (Å²) in [7, 11) is 0. The first kappa shape index (κ1) is 20.7. The number of nitrogens with zero attached hydrogens (tertiary/aromatic N) is 3. The Bertz CT molecular complexity index is 1090. The molecule has 0 bridgehead atoms. The molecule has 1 amide bonds. The van der Waals surface area contributed by atoms with E-state index in [0.29, 0.717) is 12.1 Å². The molecule has 0 radical (unpaired) electrons. The zero-order valence-electron chi connectivity index (χ0n) is 16.5. The lowest BCUT2D eigenvalue weighted by molar-refractivity contribution is -0.386. The summed E-state index contributed by atoms with van der Waals surface area (Å²) in [6, 6.07) is 15.7. The third-order valence-corrected chi connectivity index (χ3v) is 4.43. The highest BCUT2D eigenvalue weighted by Crippen LogP contribution is 2.22. The molecule has 9 heteroatoms. The lowest BCUT2D eigenvalue weighted by Gasteiger charge is -2.08. The third-order valence-electron chi connectivity index (χ3n) is 4.43. The van der Waals surface area contributed by atoms with Crippen molar-refractivity contribution < 1.29 is 19.2 Å². The number of aromatic nitrogens is 2. The van der Waals surface area contributed by atoms with Crippen LogP contribution in [0.5, 0.6) is 5.75 Å². The van der Waals surface area contributed by atoms with Crippen molar-refractivity contribution in [3.63, 3.8) is 0 Å². The van der Waals surface area contributed by atoms with Crippen molar-refractivity contribution in [2.24, 2.45) is 0 Å². The molecule has 0 aliphatic heterocycles. The molecule has 0 atom stereocenters. The van der Waals surface area contributed by atoms with Gasteiger partial charge in [0.05, 0.1) is 4.92 Å². The van der Waals surface area contributed by atoms with Crippen LogP contribution in [0.3, 0.4) is 0 Å². The van der Waals surface area contributed by atoms with Crippen molar-refractivity contribution in [3.05, 3.63) is 87.2 Å². The van der Waals surface area contributed by atoms with Gasteiger partial charge in [0.15, 0.2) is 0 Å². The zero-order chi connectivity index (χ0) is 21.7. The van der Waals surface area contributed by atoms with Crippen LogP contribution >= 0.6 is 0 Å². The SMILES string of the molecule is Cc1nn(CC(=O)Oc2cccc(C(=O)NCc3ccccc3)c2)c(C)c1[N+](=O)[O-]. The Morgan fingerprint density at radius 1 is 1.13 bits per heavy atom. The summed E-state index contributed by atoms with van der Waals surface area (Å²) in [5, 5.41) is 17.9. The van der Waals surface area contributed by atoms with E-state index in [1.54, 1.807) is 18.2 Å². The fraction of sp³-hybridized carbons (Fsp3) is 0.190. The van der Waals surface area contributed by atoms with E-state index in [1.165, 1.54) is 24.6 Å². The molecular weight excluding hydrogens is 388 g/mol. The number of hydrogen-bond acceptors (Lipinski definition) is 6. The van der Waals surface area contributed by atoms with Gasteiger partial charge in [0.1, 0.15) is 23.7 Å². The topological polar surface area (TPSA) is 116 Å². The molecular formula is C21H20N4O5. The first-order valence-electron chi connectivity index (χ1n) is 9.16. The van der Waals surface area contributed by atoms with E-state index in [4.69, 9.17) is 4.74 Å². The normalized spacial score (nSPS) is 10.5. The monoisotopic (exact) mass is 408 g/mol. The van der Waals surface area contributed by atoms with Crippen LogP contribution in [0.2, 0.25) is 0 Å². The van der Waals surface area contributed by atoms with E-state index in [1.807, 2.05) is 30.3 Å². The maximum Gasteiger partial charge on any atom is 0.333 e. The molecule has 0 saturated heterocycles. The van der Waals surface area contributed by atoms with Gasteiger partial charge in [0.25, 0.3) is 5.91 Å². The Morgan fingerprint density at radius 3 is 2.53 bits per heavy atom. The second-order valence-electron chi connectivity index (χ2n) is 6.60. The molecule has 0 unspecified atom stereocenters. The summed E-state index contributed by atoms with van der Waals surface area (Å²) >= 11 is 0. The fourth-order valence-electron chi connectivity index (χ4n) is 2.97. The van der Waals surface area contributed by atoms with Gasteiger partial charge in [-0.05, 0) is 37.6 Å². The molecule has 0 aliphatic rings. The van der Waals surface area contributed by atoms with Gasteiger partial charge in [-0.2, -0.15) is 5.10 Å². The largest absolute Gasteiger partial charge is 0.425 e. The van der Waals surface area contributed by atoms with Crippen LogP contribution in [0.15, 0.2) is 54.6 Å². The maximum atomic E-state index is 12.4. The van der Waals surface area contributed by atoms with E-state index in [9.17, 15) is 19.7 Å². The summed E-state index contributed by atoms with van der Waals surface area (Å²) in [5.74, 6) is -0.758. The highest BCUT2D eigenvalue weighted by molar-refractivity contribution is 5.94. The van der Waals surface area contributed by atoms with Crippen LogP contribution in [0, 0.1) is 24.0 Å². The molecule has 3 aromatic rings. The van der Waals surface area contributed by atoms with Crippen LogP contribution in [-0.2, 0) is 17.9 Å². The summed E-state index contributed by atoms with van der Waals surface area (Å²) in [4.78, 5) is 35.2. The Labute approximate surface area is 172 Å². The Kier molecular flexibility index (Phi) is 6.21. The molecule has 1 N–H and O–H groups in total. The molecule has 3 rings (SSSR count). The summed E-state index contributed by atoms with van der Waals surface area (Å²) in [6.07, 6.45) is 0. The minimum atomic E-state index is -0.655. The highest BCUT2D eigenvalue weighted by Gasteiger charge is 2.23. The molecule has 30 heavy (non-hydrogen) atoms. The number of carbonyl (C=O) groups excluding carboxylic acids is 2. The van der Waals surface area contributed by atoms with Crippen LogP contribution in [0.1, 0.15) is 27.3 Å². The first-order chi connectivity index (χ1) is 14.3. The van der Waals surface area contributed by atoms with Crippen molar-refractivity contribution in [2.45, 2.75) is 26.9 Å². The standard InChI is InChI=1S/C21H20N4O5/c1-14-20(25(28)29)15(2)24(23-14)13-19(26)30-18-10-6-9-17(11-18)21(27)22-12-16-7-4-3-5-8-16/h3-11H,12-13H2,1-2H3,(H,22,27). The van der Waals surface area contributed by atoms with Crippen molar-refractivity contribution in [3.8, 4) is 5.75 Å². The van der Waals surface area contributed by atoms with Gasteiger partial charge in [-0.15, -0.1) is 0 Å². The van der Waals surface area contributed by atoms with E-state index in [-0.39, 0.29) is 35.3 Å². The number of esters is 1. The predicted molar refractivity (Wildman–Crippen MR) is 108 cm³/mol. The van der Waals surface area contributed by atoms with Crippen LogP contribution in [0.25, 0.3) is 0 Å². The van der Waals surface area contributed by atoms with Crippen molar-refractivity contribution in [2.75, 3.05) is 0 Å². The number of nitrogens with one attached hydrogen (secondary N) is 1. The molecule has 0 spiro atoms. The number of aryl methyl sites for hydroxylation is 1. The van der Waals surface area contributed by atoms with Crippen molar-refractivity contribution in [1.82, 2.24) is 15.1 Å². The minimum Gasteiger partial charge on any atom is -0.425 e. The van der Waals surface area contributed by atoms with Gasteiger partial charge in [0.2, 0.25) is 0 Å². The van der Waals surface area contributed by atoms with Gasteiger partial charge in [-0.25, -0.2) is 4.79 Å². The van der Waals surface area contributed by atoms with Crippen LogP contribution < -0.4 is 10.1 Å². The highest BCUT2D eigenvalue weighted by atomic mass is 16.6. The molecule has 0 aliphatic carbocycles. The zero-order valence-corrected chi connectivity index (χ0v) is 16.5. The summed E-state index contributed by atoms with van der Waals surface area (Å²) in [5.41, 5.74) is 1.68. The summed E-state index contributed by atoms with van der Waals surface area (Å²) < 4.78 is 6.52. The first-order valence-corrected chi connectivity index (χ1v) is 9.16. The van der Waals surface area contributed by atoms with E-state index < -0.39 is 10.9 Å². The molecule has 1 aromatic heterocycles. The van der Waals surface area contributed by atoms with Gasteiger partial charge < -0.3 is 10.1 Å². The van der Waals surface area contributed by atoms with Gasteiger partial charge in [-0.3, -0.25) is 19.6 Å². The van der Waals surface area contributed by atoms with Crippen LogP contribution in [-0.4, -0.2) is 26.6 Å². The van der Waals surface area contributed by atoms with Crippen molar-refractivity contribution >= 4 is 17.6 Å². The molecule has 154 valence electrons. The van der Waals surface area contributed by atoms with Gasteiger partial charge in [-0.1, -0.05) is 36.4 Å². The molecule has 1 heterocycles. The average Bonchev–Trinajstić information content (AvgIpc) is 3.00. The Morgan fingerprint density at radius 2 is 1.87 bits per heavy atom. The van der Waals surface area contributed by atoms with E-state index in [2.05, 4.69) is 10.4 Å². The number of carbonyl (C=O) groups is 2. The minimum absolute atomic E-state index is 0.125. The number of nitro groups is 1. The number of ether oxygens (including phenoxy) is 1. The van der Waals surface area contributed by atoms with Gasteiger partial charge in [0, 0.05) is 12.1 Å². The van der Waals surface area contributed by atoms with Gasteiger partial charge >= 0.3 is 11.7 Å². The second kappa shape index (κ2) is 8.99. The van der Waals surface area contributed by atoms with Crippen LogP contribution in [0.4, 0.5) is 5.69 Å². The molecule has 2 aromatic carbocycles. The van der Waals surface area contributed by atoms with Crippen molar-refractivity contribution in [1.29, 1.82) is 0 Å². The maximum absolute atomic E-state index is 12.4.